The molecule has 2 fully saturated rings. The molecule has 0 saturated carbocycles. The number of nitrogens with zero attached hydrogens (tertiary/aromatic N) is 4. The predicted molar refractivity (Wildman–Crippen MR) is 80.2 cm³/mol. The number of piperidine rings is 1. The summed E-state index contributed by atoms with van der Waals surface area (Å²) >= 11 is 0. The normalized spacial score (nSPS) is 24.2. The van der Waals surface area contributed by atoms with E-state index in [9.17, 15) is 5.11 Å². The van der Waals surface area contributed by atoms with Crippen LogP contribution in [0.1, 0.15) is 18.9 Å². The summed E-state index contributed by atoms with van der Waals surface area (Å²) in [6.07, 6.45) is 5.87. The van der Waals surface area contributed by atoms with Crippen LogP contribution in [0.4, 0.5) is 0 Å². The quantitative estimate of drug-likeness (QED) is 0.841. The number of morpholine rings is 1. The maximum Gasteiger partial charge on any atom is 0.0793 e. The zero-order valence-electron chi connectivity index (χ0n) is 12.6. The van der Waals surface area contributed by atoms with Gasteiger partial charge in [-0.05, 0) is 18.9 Å². The van der Waals surface area contributed by atoms with E-state index < -0.39 is 0 Å². The van der Waals surface area contributed by atoms with Crippen LogP contribution in [-0.4, -0.2) is 83.3 Å². The monoisotopic (exact) mass is 294 g/mol. The number of ether oxygens (including phenoxy) is 1. The van der Waals surface area contributed by atoms with Crippen LogP contribution in [0.3, 0.4) is 0 Å². The van der Waals surface area contributed by atoms with Crippen LogP contribution in [0.15, 0.2) is 18.5 Å². The van der Waals surface area contributed by atoms with Crippen molar-refractivity contribution in [2.45, 2.75) is 25.0 Å². The highest BCUT2D eigenvalue weighted by Gasteiger charge is 2.23. The average Bonchev–Trinajstić information content (AvgIpc) is 3.03. The molecule has 1 atom stereocenters. The Morgan fingerprint density at radius 1 is 1.10 bits per heavy atom. The highest BCUT2D eigenvalue weighted by atomic mass is 16.5. The first-order valence-corrected chi connectivity index (χ1v) is 8.01. The summed E-state index contributed by atoms with van der Waals surface area (Å²) in [7, 11) is 0. The summed E-state index contributed by atoms with van der Waals surface area (Å²) in [5, 5.41) is 14.6. The topological polar surface area (TPSA) is 53.8 Å². The van der Waals surface area contributed by atoms with E-state index in [-0.39, 0.29) is 6.10 Å². The predicted octanol–water partition coefficient (Wildman–Crippen LogP) is 0.213. The van der Waals surface area contributed by atoms with E-state index in [0.717, 1.165) is 65.3 Å². The van der Waals surface area contributed by atoms with Gasteiger partial charge in [-0.2, -0.15) is 5.10 Å². The van der Waals surface area contributed by atoms with E-state index in [4.69, 9.17) is 4.74 Å². The van der Waals surface area contributed by atoms with Gasteiger partial charge in [0.2, 0.25) is 0 Å². The number of hydrogen-bond donors (Lipinski definition) is 1. The summed E-state index contributed by atoms with van der Waals surface area (Å²) in [6, 6.07) is 2.51. The van der Waals surface area contributed by atoms with Gasteiger partial charge in [-0.1, -0.05) is 0 Å². The van der Waals surface area contributed by atoms with Crippen molar-refractivity contribution in [3.05, 3.63) is 18.5 Å². The van der Waals surface area contributed by atoms with Crippen molar-refractivity contribution in [1.29, 1.82) is 0 Å². The minimum absolute atomic E-state index is 0.260. The van der Waals surface area contributed by atoms with E-state index in [1.165, 1.54) is 0 Å². The van der Waals surface area contributed by atoms with Gasteiger partial charge < -0.3 is 14.7 Å². The number of aromatic nitrogens is 2. The molecule has 6 heteroatoms. The molecule has 2 aliphatic rings. The first-order valence-electron chi connectivity index (χ1n) is 8.01. The molecule has 0 spiro atoms. The Kier molecular flexibility index (Phi) is 5.24. The largest absolute Gasteiger partial charge is 0.390 e. The van der Waals surface area contributed by atoms with E-state index >= 15 is 0 Å². The van der Waals surface area contributed by atoms with E-state index in [0.29, 0.717) is 6.04 Å². The molecule has 1 N–H and O–H groups in total. The molecule has 0 radical (unpaired) electrons. The van der Waals surface area contributed by atoms with Gasteiger partial charge in [-0.15, -0.1) is 0 Å². The first kappa shape index (κ1) is 15.0. The van der Waals surface area contributed by atoms with E-state index in [1.54, 1.807) is 0 Å². The van der Waals surface area contributed by atoms with Crippen LogP contribution in [0, 0.1) is 0 Å². The Bertz CT molecular complexity index is 398. The van der Waals surface area contributed by atoms with E-state index in [1.807, 2.05) is 18.5 Å². The maximum absolute atomic E-state index is 10.3. The van der Waals surface area contributed by atoms with Gasteiger partial charge in [0, 0.05) is 51.7 Å². The fourth-order valence-corrected chi connectivity index (χ4v) is 3.30. The van der Waals surface area contributed by atoms with Crippen molar-refractivity contribution in [2.24, 2.45) is 0 Å². The number of aliphatic hydroxyl groups is 1. The molecule has 0 aliphatic carbocycles. The van der Waals surface area contributed by atoms with Crippen LogP contribution >= 0.6 is 0 Å². The second-order valence-corrected chi connectivity index (χ2v) is 6.08. The molecule has 3 rings (SSSR count). The van der Waals surface area contributed by atoms with Gasteiger partial charge in [-0.25, -0.2) is 0 Å². The van der Waals surface area contributed by atoms with Crippen molar-refractivity contribution in [3.63, 3.8) is 0 Å². The second kappa shape index (κ2) is 7.35. The third-order valence-corrected chi connectivity index (χ3v) is 4.50. The van der Waals surface area contributed by atoms with Gasteiger partial charge in [0.05, 0.1) is 25.4 Å². The average molecular weight is 294 g/mol. The molecule has 0 aromatic carbocycles. The fourth-order valence-electron chi connectivity index (χ4n) is 3.30. The zero-order valence-corrected chi connectivity index (χ0v) is 12.6. The molecule has 2 aliphatic heterocycles. The van der Waals surface area contributed by atoms with Gasteiger partial charge >= 0.3 is 0 Å². The molecule has 118 valence electrons. The Labute approximate surface area is 126 Å². The molecule has 1 aromatic heterocycles. The van der Waals surface area contributed by atoms with Crippen LogP contribution in [0.25, 0.3) is 0 Å². The molecule has 0 amide bonds. The number of likely N-dealkylation sites (tertiary alicyclic amines) is 1. The van der Waals surface area contributed by atoms with Gasteiger partial charge in [0.1, 0.15) is 0 Å². The lowest BCUT2D eigenvalue weighted by Gasteiger charge is -2.35. The molecule has 3 heterocycles. The van der Waals surface area contributed by atoms with Gasteiger partial charge in [-0.3, -0.25) is 9.58 Å². The Balaban J connectivity index is 1.38. The number of β-amino-alcohol motifs (C(OH)–C–C–N with tert-alkyl or cyclic N) is 1. The summed E-state index contributed by atoms with van der Waals surface area (Å²) in [5.74, 6) is 0. The van der Waals surface area contributed by atoms with Crippen LogP contribution in [-0.2, 0) is 4.74 Å². The first-order chi connectivity index (χ1) is 10.3. The lowest BCUT2D eigenvalue weighted by molar-refractivity contribution is 0.00424. The van der Waals surface area contributed by atoms with Crippen molar-refractivity contribution in [1.82, 2.24) is 19.6 Å². The summed E-state index contributed by atoms with van der Waals surface area (Å²) in [4.78, 5) is 4.68. The Morgan fingerprint density at radius 2 is 1.76 bits per heavy atom. The lowest BCUT2D eigenvalue weighted by Crippen LogP contribution is -2.46. The molecule has 6 nitrogen and oxygen atoms in total. The van der Waals surface area contributed by atoms with Crippen molar-refractivity contribution >= 4 is 0 Å². The minimum Gasteiger partial charge on any atom is -0.390 e. The van der Waals surface area contributed by atoms with Crippen LogP contribution in [0.5, 0.6) is 0 Å². The summed E-state index contributed by atoms with van der Waals surface area (Å²) in [5.41, 5.74) is 0. The minimum atomic E-state index is -0.260. The maximum atomic E-state index is 10.3. The summed E-state index contributed by atoms with van der Waals surface area (Å²) < 4.78 is 7.41. The molecule has 1 unspecified atom stereocenters. The molecule has 2 saturated heterocycles. The van der Waals surface area contributed by atoms with E-state index in [2.05, 4.69) is 19.6 Å². The lowest BCUT2D eigenvalue weighted by atomic mass is 10.0. The van der Waals surface area contributed by atoms with Crippen LogP contribution < -0.4 is 0 Å². The molecule has 0 bridgehead atoms. The Hall–Kier alpha value is -0.950. The number of aliphatic hydroxyl groups excluding tert-OH is 1. The highest BCUT2D eigenvalue weighted by Crippen LogP contribution is 2.21. The fraction of sp³-hybridized carbons (Fsp3) is 0.800. The molecule has 1 aromatic rings. The third kappa shape index (κ3) is 4.26. The zero-order chi connectivity index (χ0) is 14.5. The van der Waals surface area contributed by atoms with Crippen molar-refractivity contribution in [2.75, 3.05) is 52.5 Å². The standard InChI is InChI=1S/C15H26N4O2/c20-15(13-18-8-10-21-11-9-18)12-17-6-2-14(3-7-17)19-5-1-4-16-19/h1,4-5,14-15,20H,2-3,6-13H2. The molecule has 21 heavy (non-hydrogen) atoms. The van der Waals surface area contributed by atoms with Crippen LogP contribution in [0.2, 0.25) is 0 Å². The molecular weight excluding hydrogens is 268 g/mol. The second-order valence-electron chi connectivity index (χ2n) is 6.08. The van der Waals surface area contributed by atoms with Crippen molar-refractivity contribution in [3.8, 4) is 0 Å². The number of rotatable bonds is 5. The molecular formula is C15H26N4O2. The SMILES string of the molecule is OC(CN1CCOCC1)CN1CCC(n2cccn2)CC1. The van der Waals surface area contributed by atoms with Gasteiger partial charge in [0.15, 0.2) is 0 Å². The number of hydrogen-bond acceptors (Lipinski definition) is 5. The van der Waals surface area contributed by atoms with Crippen molar-refractivity contribution < 1.29 is 9.84 Å². The smallest absolute Gasteiger partial charge is 0.0793 e. The third-order valence-electron chi connectivity index (χ3n) is 4.50. The summed E-state index contributed by atoms with van der Waals surface area (Å²) in [6.45, 7) is 7.11. The van der Waals surface area contributed by atoms with Gasteiger partial charge in [0.25, 0.3) is 0 Å². The Morgan fingerprint density at radius 3 is 2.38 bits per heavy atom. The highest BCUT2D eigenvalue weighted by molar-refractivity contribution is 4.85.